The van der Waals surface area contributed by atoms with E-state index in [0.29, 0.717) is 16.3 Å². The number of halogens is 3. The third-order valence-electron chi connectivity index (χ3n) is 1.29. The van der Waals surface area contributed by atoms with Gasteiger partial charge in [0, 0.05) is 0 Å². The Morgan fingerprint density at radius 3 is 2.83 bits per heavy atom. The summed E-state index contributed by atoms with van der Waals surface area (Å²) in [5.41, 5.74) is 1.19. The fourth-order valence-electron chi connectivity index (χ4n) is 0.828. The van der Waals surface area contributed by atoms with Gasteiger partial charge in [-0.2, -0.15) is 4.98 Å². The van der Waals surface area contributed by atoms with Gasteiger partial charge in [0.25, 0.3) is 0 Å². The van der Waals surface area contributed by atoms with Gasteiger partial charge >= 0.3 is 0 Å². The number of nitrogens with zero attached hydrogens (tertiary/aromatic N) is 4. The van der Waals surface area contributed by atoms with Crippen molar-refractivity contribution in [1.82, 2.24) is 17.7 Å². The SMILES string of the molecule is Clc1nc(Cl)c2c(ncn2I)n1. The zero-order valence-corrected chi connectivity index (χ0v) is 9.17. The molecule has 12 heavy (non-hydrogen) atoms. The lowest BCUT2D eigenvalue weighted by molar-refractivity contribution is 1.20. The third kappa shape index (κ3) is 1.25. The van der Waals surface area contributed by atoms with Crippen LogP contribution in [-0.4, -0.2) is 17.7 Å². The van der Waals surface area contributed by atoms with E-state index in [0.717, 1.165) is 0 Å². The minimum Gasteiger partial charge on any atom is -0.266 e. The molecule has 0 amide bonds. The summed E-state index contributed by atoms with van der Waals surface area (Å²) < 4.78 is 1.71. The number of rotatable bonds is 0. The molecular formula is C5HCl2IN4. The van der Waals surface area contributed by atoms with Crippen molar-refractivity contribution in [1.29, 1.82) is 0 Å². The first kappa shape index (κ1) is 8.46. The van der Waals surface area contributed by atoms with Gasteiger partial charge in [0.2, 0.25) is 5.28 Å². The Kier molecular flexibility index (Phi) is 2.09. The third-order valence-corrected chi connectivity index (χ3v) is 2.45. The van der Waals surface area contributed by atoms with Gasteiger partial charge in [-0.1, -0.05) is 11.6 Å². The first-order valence-corrected chi connectivity index (χ1v) is 4.63. The van der Waals surface area contributed by atoms with Crippen LogP contribution in [0.2, 0.25) is 10.4 Å². The average Bonchev–Trinajstić information content (AvgIpc) is 2.31. The molecule has 2 aromatic heterocycles. The van der Waals surface area contributed by atoms with Crippen molar-refractivity contribution in [2.75, 3.05) is 0 Å². The molecule has 0 aliphatic heterocycles. The molecule has 7 heteroatoms. The van der Waals surface area contributed by atoms with E-state index in [1.807, 2.05) is 22.9 Å². The summed E-state index contributed by atoms with van der Waals surface area (Å²) >= 11 is 13.4. The molecular weight excluding hydrogens is 314 g/mol. The maximum absolute atomic E-state index is 5.81. The highest BCUT2D eigenvalue weighted by Gasteiger charge is 2.09. The van der Waals surface area contributed by atoms with E-state index in [1.165, 1.54) is 0 Å². The van der Waals surface area contributed by atoms with Crippen molar-refractivity contribution in [3.63, 3.8) is 0 Å². The van der Waals surface area contributed by atoms with Crippen LogP contribution in [0, 0.1) is 0 Å². The Morgan fingerprint density at radius 1 is 1.33 bits per heavy atom. The summed E-state index contributed by atoms with van der Waals surface area (Å²) in [6.45, 7) is 0. The molecule has 0 saturated carbocycles. The molecule has 0 radical (unpaired) electrons. The van der Waals surface area contributed by atoms with Crippen LogP contribution in [0.4, 0.5) is 0 Å². The molecule has 0 fully saturated rings. The van der Waals surface area contributed by atoms with Crippen molar-refractivity contribution in [3.05, 3.63) is 16.8 Å². The van der Waals surface area contributed by atoms with E-state index in [1.54, 1.807) is 9.11 Å². The molecule has 0 aliphatic carbocycles. The quantitative estimate of drug-likeness (QED) is 0.426. The highest BCUT2D eigenvalue weighted by molar-refractivity contribution is 14.1. The molecule has 62 valence electrons. The molecule has 0 N–H and O–H groups in total. The van der Waals surface area contributed by atoms with Gasteiger partial charge in [-0.25, -0.2) is 9.97 Å². The second-order valence-corrected chi connectivity index (χ2v) is 3.75. The van der Waals surface area contributed by atoms with Gasteiger partial charge in [-0.3, -0.25) is 2.78 Å². The second kappa shape index (κ2) is 2.97. The largest absolute Gasteiger partial charge is 0.266 e. The number of imidazole rings is 1. The Balaban J connectivity index is 2.93. The molecule has 0 aromatic carbocycles. The monoisotopic (exact) mass is 314 g/mol. The van der Waals surface area contributed by atoms with Crippen LogP contribution in [0.5, 0.6) is 0 Å². The van der Waals surface area contributed by atoms with Crippen molar-refractivity contribution >= 4 is 57.2 Å². The van der Waals surface area contributed by atoms with Crippen LogP contribution in [0.25, 0.3) is 11.2 Å². The minimum atomic E-state index is 0.114. The van der Waals surface area contributed by atoms with Gasteiger partial charge in [-0.15, -0.1) is 0 Å². The molecule has 0 unspecified atom stereocenters. The predicted molar refractivity (Wildman–Crippen MR) is 54.8 cm³/mol. The first-order valence-electron chi connectivity index (χ1n) is 2.91. The van der Waals surface area contributed by atoms with E-state index in [-0.39, 0.29) is 5.28 Å². The number of fused-ring (bicyclic) bond motifs is 1. The van der Waals surface area contributed by atoms with Crippen molar-refractivity contribution < 1.29 is 0 Å². The molecule has 2 heterocycles. The van der Waals surface area contributed by atoms with Gasteiger partial charge in [0.1, 0.15) is 11.8 Å². The van der Waals surface area contributed by atoms with E-state index in [4.69, 9.17) is 23.2 Å². The molecule has 0 aliphatic rings. The number of hydrogen-bond donors (Lipinski definition) is 0. The van der Waals surface area contributed by atoms with E-state index >= 15 is 0 Å². The Hall–Kier alpha value is -0.140. The highest BCUT2D eigenvalue weighted by Crippen LogP contribution is 2.22. The van der Waals surface area contributed by atoms with Gasteiger partial charge in [-0.05, 0) is 11.6 Å². The maximum atomic E-state index is 5.81. The molecule has 2 rings (SSSR count). The summed E-state index contributed by atoms with van der Waals surface area (Å²) in [6, 6.07) is 0. The first-order chi connectivity index (χ1) is 5.68. The average molecular weight is 315 g/mol. The topological polar surface area (TPSA) is 43.6 Å². The summed E-state index contributed by atoms with van der Waals surface area (Å²) in [7, 11) is 0. The molecule has 0 bridgehead atoms. The van der Waals surface area contributed by atoms with Crippen molar-refractivity contribution in [2.45, 2.75) is 0 Å². The van der Waals surface area contributed by atoms with Crippen LogP contribution < -0.4 is 0 Å². The van der Waals surface area contributed by atoms with Gasteiger partial charge in [0.05, 0.1) is 22.9 Å². The summed E-state index contributed by atoms with van der Waals surface area (Å²) in [5, 5.41) is 0.430. The van der Waals surface area contributed by atoms with Crippen LogP contribution in [-0.2, 0) is 0 Å². The fourth-order valence-corrected chi connectivity index (χ4v) is 2.00. The number of aromatic nitrogens is 4. The van der Waals surface area contributed by atoms with Crippen LogP contribution in [0.15, 0.2) is 6.33 Å². The Bertz CT molecular complexity index is 440. The molecule has 0 saturated heterocycles. The summed E-state index contributed by atoms with van der Waals surface area (Å²) in [6.07, 6.45) is 1.60. The maximum Gasteiger partial charge on any atom is 0.225 e. The molecule has 2 aromatic rings. The second-order valence-electron chi connectivity index (χ2n) is 2.01. The van der Waals surface area contributed by atoms with Gasteiger partial charge in [0.15, 0.2) is 10.8 Å². The lowest BCUT2D eigenvalue weighted by atomic mass is 10.6. The number of hydrogen-bond acceptors (Lipinski definition) is 3. The van der Waals surface area contributed by atoms with E-state index < -0.39 is 0 Å². The molecule has 4 nitrogen and oxygen atoms in total. The zero-order valence-electron chi connectivity index (χ0n) is 5.50. The normalized spacial score (nSPS) is 10.9. The van der Waals surface area contributed by atoms with Gasteiger partial charge < -0.3 is 0 Å². The Labute approximate surface area is 91.4 Å². The highest BCUT2D eigenvalue weighted by atomic mass is 127. The van der Waals surface area contributed by atoms with Crippen LogP contribution in [0.1, 0.15) is 0 Å². The van der Waals surface area contributed by atoms with Crippen LogP contribution >= 0.6 is 46.1 Å². The van der Waals surface area contributed by atoms with E-state index in [2.05, 4.69) is 15.0 Å². The van der Waals surface area contributed by atoms with Crippen molar-refractivity contribution in [3.8, 4) is 0 Å². The molecule has 0 atom stereocenters. The lowest BCUT2D eigenvalue weighted by Gasteiger charge is -1.94. The fraction of sp³-hybridized carbons (Fsp3) is 0. The van der Waals surface area contributed by atoms with Crippen LogP contribution in [0.3, 0.4) is 0 Å². The summed E-state index contributed by atoms with van der Waals surface area (Å²) in [4.78, 5) is 11.7. The standard InChI is InChI=1S/C5HCl2IN4/c6-3-2-4(9-1-12(2)8)11-5(7)10-3/h1H. The van der Waals surface area contributed by atoms with E-state index in [9.17, 15) is 0 Å². The summed E-state index contributed by atoms with van der Waals surface area (Å²) in [5.74, 6) is 0. The van der Waals surface area contributed by atoms with Crippen molar-refractivity contribution in [2.24, 2.45) is 0 Å². The smallest absolute Gasteiger partial charge is 0.225 e. The predicted octanol–water partition coefficient (Wildman–Crippen LogP) is 2.33. The minimum absolute atomic E-state index is 0.114. The molecule has 0 spiro atoms. The zero-order chi connectivity index (χ0) is 8.72. The lowest BCUT2D eigenvalue weighted by Crippen LogP contribution is -1.86. The Morgan fingerprint density at radius 2 is 2.08 bits per heavy atom.